The molecule has 2 amide bonds. The first kappa shape index (κ1) is 18.5. The highest BCUT2D eigenvalue weighted by atomic mass is 16.2. The Kier molecular flexibility index (Phi) is 7.29. The first-order chi connectivity index (χ1) is 11.5. The van der Waals surface area contributed by atoms with Crippen LogP contribution in [0.4, 0.5) is 5.69 Å². The molecule has 4 heteroatoms. The van der Waals surface area contributed by atoms with Crippen LogP contribution >= 0.6 is 0 Å². The third-order valence-corrected chi connectivity index (χ3v) is 4.58. The zero-order valence-electron chi connectivity index (χ0n) is 14.9. The molecule has 0 atom stereocenters. The number of anilines is 1. The van der Waals surface area contributed by atoms with E-state index < -0.39 is 0 Å². The second-order valence-corrected chi connectivity index (χ2v) is 7.28. The van der Waals surface area contributed by atoms with Crippen LogP contribution in [0.5, 0.6) is 0 Å². The molecule has 4 nitrogen and oxygen atoms in total. The molecule has 0 radical (unpaired) electrons. The maximum absolute atomic E-state index is 12.1. The number of rotatable bonds is 7. The summed E-state index contributed by atoms with van der Waals surface area (Å²) in [5.74, 6) is 1.07. The number of benzene rings is 1. The second kappa shape index (κ2) is 9.45. The van der Waals surface area contributed by atoms with E-state index in [0.29, 0.717) is 36.1 Å². The topological polar surface area (TPSA) is 58.2 Å². The van der Waals surface area contributed by atoms with Crippen LogP contribution in [0.3, 0.4) is 0 Å². The smallest absolute Gasteiger partial charge is 0.251 e. The molecule has 0 saturated heterocycles. The van der Waals surface area contributed by atoms with E-state index in [0.717, 1.165) is 6.42 Å². The van der Waals surface area contributed by atoms with Gasteiger partial charge < -0.3 is 10.6 Å². The lowest BCUT2D eigenvalue weighted by Gasteiger charge is -2.21. The van der Waals surface area contributed by atoms with Gasteiger partial charge in [0, 0.05) is 24.2 Å². The van der Waals surface area contributed by atoms with Gasteiger partial charge in [-0.1, -0.05) is 52.0 Å². The molecule has 1 aliphatic carbocycles. The van der Waals surface area contributed by atoms with E-state index in [1.165, 1.54) is 32.1 Å². The van der Waals surface area contributed by atoms with Crippen molar-refractivity contribution in [3.8, 4) is 0 Å². The molecule has 1 fully saturated rings. The van der Waals surface area contributed by atoms with Crippen LogP contribution < -0.4 is 10.6 Å². The Hall–Kier alpha value is -1.84. The maximum Gasteiger partial charge on any atom is 0.251 e. The number of carbonyl (C=O) groups is 2. The highest BCUT2D eigenvalue weighted by molar-refractivity contribution is 5.97. The van der Waals surface area contributed by atoms with Crippen LogP contribution in [0.15, 0.2) is 24.3 Å². The average molecular weight is 330 g/mol. The summed E-state index contributed by atoms with van der Waals surface area (Å²) in [7, 11) is 0. The number of nitrogens with one attached hydrogen (secondary N) is 2. The molecule has 0 spiro atoms. The van der Waals surface area contributed by atoms with E-state index in [1.807, 2.05) is 6.07 Å². The minimum absolute atomic E-state index is 0.0420. The van der Waals surface area contributed by atoms with Crippen molar-refractivity contribution in [3.05, 3.63) is 29.8 Å². The molecule has 2 N–H and O–H groups in total. The number of hydrogen-bond donors (Lipinski definition) is 2. The first-order valence-corrected chi connectivity index (χ1v) is 9.22. The van der Waals surface area contributed by atoms with E-state index in [-0.39, 0.29) is 11.8 Å². The zero-order valence-corrected chi connectivity index (χ0v) is 14.9. The Morgan fingerprint density at radius 3 is 2.62 bits per heavy atom. The zero-order chi connectivity index (χ0) is 17.4. The second-order valence-electron chi connectivity index (χ2n) is 7.28. The summed E-state index contributed by atoms with van der Waals surface area (Å²) in [6.07, 6.45) is 8.01. The van der Waals surface area contributed by atoms with Crippen molar-refractivity contribution in [2.45, 2.75) is 58.8 Å². The number of amides is 2. The largest absolute Gasteiger partial charge is 0.352 e. The van der Waals surface area contributed by atoms with E-state index in [4.69, 9.17) is 0 Å². The highest BCUT2D eigenvalue weighted by Gasteiger charge is 2.15. The summed E-state index contributed by atoms with van der Waals surface area (Å²) in [5.41, 5.74) is 1.28. The SMILES string of the molecule is CC(C)CNC(=O)c1cccc(NC(=O)CCC2CCCCC2)c1. The fourth-order valence-electron chi connectivity index (χ4n) is 3.17. The molecule has 24 heavy (non-hydrogen) atoms. The van der Waals surface area contributed by atoms with Crippen LogP contribution in [0, 0.1) is 11.8 Å². The molecule has 0 heterocycles. The highest BCUT2D eigenvalue weighted by Crippen LogP contribution is 2.27. The molecule has 1 aliphatic rings. The van der Waals surface area contributed by atoms with Gasteiger partial charge in [0.05, 0.1) is 0 Å². The third kappa shape index (κ3) is 6.34. The Bertz CT molecular complexity index is 548. The molecule has 2 rings (SSSR count). The number of hydrogen-bond acceptors (Lipinski definition) is 2. The quantitative estimate of drug-likeness (QED) is 0.780. The summed E-state index contributed by atoms with van der Waals surface area (Å²) in [4.78, 5) is 24.2. The molecule has 0 aromatic heterocycles. The van der Waals surface area contributed by atoms with Gasteiger partial charge in [0.2, 0.25) is 5.91 Å². The molecule has 132 valence electrons. The van der Waals surface area contributed by atoms with Gasteiger partial charge in [-0.3, -0.25) is 9.59 Å². The van der Waals surface area contributed by atoms with Crippen LogP contribution in [0.2, 0.25) is 0 Å². The summed E-state index contributed by atoms with van der Waals surface area (Å²) in [6, 6.07) is 7.15. The molecular formula is C20H30N2O2. The third-order valence-electron chi connectivity index (χ3n) is 4.58. The van der Waals surface area contributed by atoms with E-state index in [9.17, 15) is 9.59 Å². The van der Waals surface area contributed by atoms with Crippen molar-refractivity contribution < 1.29 is 9.59 Å². The first-order valence-electron chi connectivity index (χ1n) is 9.22. The molecule has 0 bridgehead atoms. The Morgan fingerprint density at radius 1 is 1.17 bits per heavy atom. The van der Waals surface area contributed by atoms with Gasteiger partial charge in [0.15, 0.2) is 0 Å². The van der Waals surface area contributed by atoms with Gasteiger partial charge in [-0.05, 0) is 36.5 Å². The summed E-state index contributed by atoms with van der Waals surface area (Å²) in [6.45, 7) is 4.77. The fourth-order valence-corrected chi connectivity index (χ4v) is 3.17. The van der Waals surface area contributed by atoms with E-state index >= 15 is 0 Å². The molecule has 1 aromatic carbocycles. The molecular weight excluding hydrogens is 300 g/mol. The Labute approximate surface area is 145 Å². The summed E-state index contributed by atoms with van der Waals surface area (Å²) < 4.78 is 0. The van der Waals surface area contributed by atoms with Crippen molar-refractivity contribution in [2.75, 3.05) is 11.9 Å². The molecule has 0 aliphatic heterocycles. The van der Waals surface area contributed by atoms with Gasteiger partial charge in [-0.25, -0.2) is 0 Å². The van der Waals surface area contributed by atoms with Crippen molar-refractivity contribution >= 4 is 17.5 Å². The van der Waals surface area contributed by atoms with Crippen molar-refractivity contribution in [3.63, 3.8) is 0 Å². The van der Waals surface area contributed by atoms with E-state index in [1.54, 1.807) is 18.2 Å². The van der Waals surface area contributed by atoms with Gasteiger partial charge in [-0.15, -0.1) is 0 Å². The van der Waals surface area contributed by atoms with Gasteiger partial charge in [0.1, 0.15) is 0 Å². The van der Waals surface area contributed by atoms with Crippen molar-refractivity contribution in [1.82, 2.24) is 5.32 Å². The normalized spacial score (nSPS) is 15.3. The van der Waals surface area contributed by atoms with Crippen molar-refractivity contribution in [1.29, 1.82) is 0 Å². The average Bonchev–Trinajstić information content (AvgIpc) is 2.59. The summed E-state index contributed by atoms with van der Waals surface area (Å²) in [5, 5.41) is 5.82. The van der Waals surface area contributed by atoms with Crippen LogP contribution in [0.25, 0.3) is 0 Å². The van der Waals surface area contributed by atoms with Crippen LogP contribution in [0.1, 0.15) is 69.2 Å². The Balaban J connectivity index is 1.82. The standard InChI is InChI=1S/C20H30N2O2/c1-15(2)14-21-20(24)17-9-6-10-18(13-17)22-19(23)12-11-16-7-4-3-5-8-16/h6,9-10,13,15-16H,3-5,7-8,11-12,14H2,1-2H3,(H,21,24)(H,22,23). The number of carbonyl (C=O) groups excluding carboxylic acids is 2. The summed E-state index contributed by atoms with van der Waals surface area (Å²) >= 11 is 0. The molecule has 1 aromatic rings. The van der Waals surface area contributed by atoms with Crippen LogP contribution in [-0.2, 0) is 4.79 Å². The monoisotopic (exact) mass is 330 g/mol. The molecule has 1 saturated carbocycles. The minimum Gasteiger partial charge on any atom is -0.352 e. The van der Waals surface area contributed by atoms with E-state index in [2.05, 4.69) is 24.5 Å². The minimum atomic E-state index is -0.0954. The lowest BCUT2D eigenvalue weighted by Crippen LogP contribution is -2.27. The molecule has 0 unspecified atom stereocenters. The van der Waals surface area contributed by atoms with Gasteiger partial charge in [0.25, 0.3) is 5.91 Å². The Morgan fingerprint density at radius 2 is 1.92 bits per heavy atom. The van der Waals surface area contributed by atoms with Crippen molar-refractivity contribution in [2.24, 2.45) is 11.8 Å². The lowest BCUT2D eigenvalue weighted by molar-refractivity contribution is -0.116. The van der Waals surface area contributed by atoms with Crippen LogP contribution in [-0.4, -0.2) is 18.4 Å². The van der Waals surface area contributed by atoms with Gasteiger partial charge >= 0.3 is 0 Å². The van der Waals surface area contributed by atoms with Gasteiger partial charge in [-0.2, -0.15) is 0 Å². The predicted molar refractivity (Wildman–Crippen MR) is 98.1 cm³/mol. The predicted octanol–water partition coefficient (Wildman–Crippen LogP) is 4.37. The fraction of sp³-hybridized carbons (Fsp3) is 0.600. The maximum atomic E-state index is 12.1. The lowest BCUT2D eigenvalue weighted by atomic mass is 9.86.